The summed E-state index contributed by atoms with van der Waals surface area (Å²) in [4.78, 5) is 25.8. The molecule has 0 aromatic heterocycles. The van der Waals surface area contributed by atoms with E-state index >= 15 is 0 Å². The Kier molecular flexibility index (Phi) is 5.86. The number of hydrogen-bond donors (Lipinski definition) is 1. The van der Waals surface area contributed by atoms with Gasteiger partial charge in [0.1, 0.15) is 6.04 Å². The highest BCUT2D eigenvalue weighted by molar-refractivity contribution is 7.89. The molecule has 148 valence electrons. The first kappa shape index (κ1) is 19.8. The van der Waals surface area contributed by atoms with E-state index in [0.717, 1.165) is 32.1 Å². The zero-order valence-corrected chi connectivity index (χ0v) is 16.3. The number of carboxylic acid groups (broad SMARTS) is 1. The predicted molar refractivity (Wildman–Crippen MR) is 100.0 cm³/mol. The van der Waals surface area contributed by atoms with Crippen molar-refractivity contribution >= 4 is 21.9 Å². The Bertz CT molecular complexity index is 823. The minimum Gasteiger partial charge on any atom is -0.480 e. The Balaban J connectivity index is 1.88. The van der Waals surface area contributed by atoms with Crippen molar-refractivity contribution in [2.75, 3.05) is 13.1 Å². The molecular formula is C19H26N2O5S. The maximum absolute atomic E-state index is 13.0. The molecule has 1 unspecified atom stereocenters. The second-order valence-electron chi connectivity index (χ2n) is 7.34. The molecule has 1 aromatic carbocycles. The van der Waals surface area contributed by atoms with Gasteiger partial charge >= 0.3 is 5.97 Å². The van der Waals surface area contributed by atoms with Crippen LogP contribution in [0.2, 0.25) is 0 Å². The standard InChI is InChI=1S/C19H26N2O5S/c1-14-7-2-5-12-21(14)27(25,26)16-9-6-8-15(13-16)18(22)20-11-4-3-10-17(20)19(23)24/h6,8-9,13-14,17H,2-5,7,10-12H2,1H3,(H,23,24)/t14?,17-/m1/s1. The number of hydrogen-bond acceptors (Lipinski definition) is 4. The van der Waals surface area contributed by atoms with Crippen molar-refractivity contribution in [2.24, 2.45) is 0 Å². The first-order chi connectivity index (χ1) is 12.8. The molecule has 1 N–H and O–H groups in total. The Hall–Kier alpha value is -1.93. The van der Waals surface area contributed by atoms with Gasteiger partial charge in [0.15, 0.2) is 0 Å². The molecular weight excluding hydrogens is 368 g/mol. The first-order valence-electron chi connectivity index (χ1n) is 9.48. The van der Waals surface area contributed by atoms with Gasteiger partial charge in [0.2, 0.25) is 10.0 Å². The molecule has 27 heavy (non-hydrogen) atoms. The van der Waals surface area contributed by atoms with E-state index < -0.39 is 27.9 Å². The van der Waals surface area contributed by atoms with Crippen molar-refractivity contribution in [3.8, 4) is 0 Å². The van der Waals surface area contributed by atoms with E-state index in [1.807, 2.05) is 6.92 Å². The van der Waals surface area contributed by atoms with Crippen LogP contribution in [0.4, 0.5) is 0 Å². The van der Waals surface area contributed by atoms with Crippen LogP contribution in [0.25, 0.3) is 0 Å². The van der Waals surface area contributed by atoms with E-state index in [4.69, 9.17) is 0 Å². The lowest BCUT2D eigenvalue weighted by Gasteiger charge is -2.33. The van der Waals surface area contributed by atoms with Gasteiger partial charge in [0.05, 0.1) is 4.90 Å². The van der Waals surface area contributed by atoms with E-state index in [-0.39, 0.29) is 16.5 Å². The molecule has 8 heteroatoms. The number of nitrogens with zero attached hydrogens (tertiary/aromatic N) is 2. The molecule has 0 aliphatic carbocycles. The number of rotatable bonds is 4. The molecule has 2 aliphatic rings. The summed E-state index contributed by atoms with van der Waals surface area (Å²) in [6.45, 7) is 2.75. The normalized spacial score (nSPS) is 24.6. The maximum Gasteiger partial charge on any atom is 0.326 e. The van der Waals surface area contributed by atoms with Crippen LogP contribution in [0, 0.1) is 0 Å². The summed E-state index contributed by atoms with van der Waals surface area (Å²) < 4.78 is 27.6. The minimum atomic E-state index is -3.68. The van der Waals surface area contributed by atoms with Crippen LogP contribution in [-0.2, 0) is 14.8 Å². The Morgan fingerprint density at radius 2 is 1.78 bits per heavy atom. The lowest BCUT2D eigenvalue weighted by molar-refractivity contribution is -0.143. The Labute approximate surface area is 160 Å². The molecule has 0 bridgehead atoms. The monoisotopic (exact) mass is 394 g/mol. The van der Waals surface area contributed by atoms with Gasteiger partial charge in [-0.1, -0.05) is 12.5 Å². The molecule has 2 atom stereocenters. The molecule has 0 radical (unpaired) electrons. The lowest BCUT2D eigenvalue weighted by Crippen LogP contribution is -2.48. The summed E-state index contributed by atoms with van der Waals surface area (Å²) in [6.07, 6.45) is 4.60. The molecule has 1 amide bonds. The minimum absolute atomic E-state index is 0.0680. The quantitative estimate of drug-likeness (QED) is 0.846. The molecule has 7 nitrogen and oxygen atoms in total. The van der Waals surface area contributed by atoms with Crippen LogP contribution in [0.5, 0.6) is 0 Å². The number of amides is 1. The lowest BCUT2D eigenvalue weighted by atomic mass is 10.0. The molecule has 2 heterocycles. The van der Waals surface area contributed by atoms with Crippen molar-refractivity contribution in [2.45, 2.75) is 62.4 Å². The van der Waals surface area contributed by atoms with Crippen LogP contribution in [0.1, 0.15) is 55.8 Å². The summed E-state index contributed by atoms with van der Waals surface area (Å²) in [5.74, 6) is -1.44. The third-order valence-corrected chi connectivity index (χ3v) is 7.49. The van der Waals surface area contributed by atoms with Gasteiger partial charge < -0.3 is 10.0 Å². The number of carbonyl (C=O) groups excluding carboxylic acids is 1. The smallest absolute Gasteiger partial charge is 0.326 e. The highest BCUT2D eigenvalue weighted by Crippen LogP contribution is 2.26. The highest BCUT2D eigenvalue weighted by atomic mass is 32.2. The van der Waals surface area contributed by atoms with Crippen LogP contribution < -0.4 is 0 Å². The van der Waals surface area contributed by atoms with Gasteiger partial charge in [-0.05, 0) is 57.2 Å². The number of aliphatic carboxylic acids is 1. The fourth-order valence-corrected chi connectivity index (χ4v) is 5.70. The fourth-order valence-electron chi connectivity index (χ4n) is 3.95. The maximum atomic E-state index is 13.0. The molecule has 0 saturated carbocycles. The average molecular weight is 394 g/mol. The number of carbonyl (C=O) groups is 2. The highest BCUT2D eigenvalue weighted by Gasteiger charge is 2.34. The number of sulfonamides is 1. The Morgan fingerprint density at radius 1 is 1.07 bits per heavy atom. The number of benzene rings is 1. The second kappa shape index (κ2) is 7.98. The van der Waals surface area contributed by atoms with E-state index in [2.05, 4.69) is 0 Å². The van der Waals surface area contributed by atoms with E-state index in [0.29, 0.717) is 19.5 Å². The van der Waals surface area contributed by atoms with Crippen LogP contribution in [0.3, 0.4) is 0 Å². The summed E-state index contributed by atoms with van der Waals surface area (Å²) in [6, 6.07) is 5.06. The first-order valence-corrected chi connectivity index (χ1v) is 10.9. The predicted octanol–water partition coefficient (Wildman–Crippen LogP) is 2.33. The van der Waals surface area contributed by atoms with Crippen molar-refractivity contribution in [1.82, 2.24) is 9.21 Å². The largest absolute Gasteiger partial charge is 0.480 e. The van der Waals surface area contributed by atoms with E-state index in [1.165, 1.54) is 21.3 Å². The summed E-state index contributed by atoms with van der Waals surface area (Å²) in [5.41, 5.74) is 0.217. The molecule has 2 saturated heterocycles. The second-order valence-corrected chi connectivity index (χ2v) is 9.23. The summed E-state index contributed by atoms with van der Waals surface area (Å²) >= 11 is 0. The molecule has 2 aliphatic heterocycles. The van der Waals surface area contributed by atoms with Crippen molar-refractivity contribution in [3.63, 3.8) is 0 Å². The third kappa shape index (κ3) is 4.01. The zero-order chi connectivity index (χ0) is 19.6. The van der Waals surface area contributed by atoms with Crippen LogP contribution >= 0.6 is 0 Å². The van der Waals surface area contributed by atoms with Crippen LogP contribution in [-0.4, -0.2) is 59.8 Å². The summed E-state index contributed by atoms with van der Waals surface area (Å²) in [5, 5.41) is 9.39. The van der Waals surface area contributed by atoms with Crippen molar-refractivity contribution in [1.29, 1.82) is 0 Å². The Morgan fingerprint density at radius 3 is 2.48 bits per heavy atom. The van der Waals surface area contributed by atoms with Gasteiger partial charge in [-0.25, -0.2) is 13.2 Å². The SMILES string of the molecule is CC1CCCCN1S(=O)(=O)c1cccc(C(=O)N2CCCC[C@@H]2C(=O)O)c1. The zero-order valence-electron chi connectivity index (χ0n) is 15.5. The molecule has 3 rings (SSSR count). The van der Waals surface area contributed by atoms with Gasteiger partial charge in [-0.15, -0.1) is 0 Å². The number of piperidine rings is 2. The van der Waals surface area contributed by atoms with Gasteiger partial charge in [-0.3, -0.25) is 4.79 Å². The topological polar surface area (TPSA) is 95.0 Å². The van der Waals surface area contributed by atoms with Gasteiger partial charge in [-0.2, -0.15) is 4.31 Å². The van der Waals surface area contributed by atoms with Gasteiger partial charge in [0, 0.05) is 24.7 Å². The third-order valence-electron chi connectivity index (χ3n) is 5.48. The number of carboxylic acids is 1. The molecule has 2 fully saturated rings. The van der Waals surface area contributed by atoms with Crippen molar-refractivity contribution < 1.29 is 23.1 Å². The van der Waals surface area contributed by atoms with E-state index in [1.54, 1.807) is 12.1 Å². The summed E-state index contributed by atoms with van der Waals surface area (Å²) in [7, 11) is -3.68. The average Bonchev–Trinajstić information content (AvgIpc) is 2.67. The fraction of sp³-hybridized carbons (Fsp3) is 0.579. The number of likely N-dealkylation sites (tertiary alicyclic amines) is 1. The molecule has 0 spiro atoms. The van der Waals surface area contributed by atoms with Crippen molar-refractivity contribution in [3.05, 3.63) is 29.8 Å². The van der Waals surface area contributed by atoms with E-state index in [9.17, 15) is 23.1 Å². The van der Waals surface area contributed by atoms with Gasteiger partial charge in [0.25, 0.3) is 5.91 Å². The van der Waals surface area contributed by atoms with Crippen LogP contribution in [0.15, 0.2) is 29.2 Å². The molecule has 1 aromatic rings.